The van der Waals surface area contributed by atoms with E-state index in [2.05, 4.69) is 24.1 Å². The summed E-state index contributed by atoms with van der Waals surface area (Å²) in [5.41, 5.74) is 0.970. The summed E-state index contributed by atoms with van der Waals surface area (Å²) < 4.78 is 0. The normalized spacial score (nSPS) is 23.4. The maximum atomic E-state index is 12.7. The van der Waals surface area contributed by atoms with Crippen molar-refractivity contribution in [3.63, 3.8) is 0 Å². The van der Waals surface area contributed by atoms with E-state index in [0.29, 0.717) is 25.3 Å². The minimum atomic E-state index is -0.413. The molecule has 0 spiro atoms. The standard InChI is InChI=1S/C15H23N3O2S/c1-9(2)5-12-15(20)18(11(4)6-13(19)17-12)7-14-16-10(3)8-21-14/h8-9,11-12H,5-7H2,1-4H3,(H,17,19). The van der Waals surface area contributed by atoms with Gasteiger partial charge in [-0.2, -0.15) is 0 Å². The van der Waals surface area contributed by atoms with Gasteiger partial charge < -0.3 is 10.2 Å². The second-order valence-corrected chi connectivity index (χ2v) is 7.09. The van der Waals surface area contributed by atoms with Crippen molar-refractivity contribution in [3.8, 4) is 0 Å². The lowest BCUT2D eigenvalue weighted by Crippen LogP contribution is -2.46. The fourth-order valence-corrected chi connectivity index (χ4v) is 3.37. The van der Waals surface area contributed by atoms with Crippen molar-refractivity contribution < 1.29 is 9.59 Å². The number of hydrogen-bond acceptors (Lipinski definition) is 4. The largest absolute Gasteiger partial charge is 0.344 e. The quantitative estimate of drug-likeness (QED) is 0.926. The van der Waals surface area contributed by atoms with Gasteiger partial charge in [-0.25, -0.2) is 4.98 Å². The second kappa shape index (κ2) is 6.56. The number of aromatic nitrogens is 1. The molecule has 21 heavy (non-hydrogen) atoms. The first-order valence-corrected chi connectivity index (χ1v) is 8.25. The van der Waals surface area contributed by atoms with Crippen LogP contribution in [0.4, 0.5) is 0 Å². The van der Waals surface area contributed by atoms with Gasteiger partial charge in [0.25, 0.3) is 0 Å². The third kappa shape index (κ3) is 4.03. The van der Waals surface area contributed by atoms with Crippen molar-refractivity contribution in [1.29, 1.82) is 0 Å². The van der Waals surface area contributed by atoms with Crippen molar-refractivity contribution >= 4 is 23.2 Å². The summed E-state index contributed by atoms with van der Waals surface area (Å²) in [4.78, 5) is 30.9. The SMILES string of the molecule is Cc1csc(CN2C(=O)C(CC(C)C)NC(=O)CC2C)n1. The summed E-state index contributed by atoms with van der Waals surface area (Å²) in [7, 11) is 0. The van der Waals surface area contributed by atoms with Crippen LogP contribution in [0.1, 0.15) is 44.3 Å². The van der Waals surface area contributed by atoms with Gasteiger partial charge in [0.15, 0.2) is 0 Å². The number of aryl methyl sites for hydroxylation is 1. The lowest BCUT2D eigenvalue weighted by molar-refractivity contribution is -0.136. The molecular weight excluding hydrogens is 286 g/mol. The number of nitrogens with one attached hydrogen (secondary N) is 1. The van der Waals surface area contributed by atoms with Gasteiger partial charge in [-0.05, 0) is 26.2 Å². The molecule has 2 amide bonds. The average Bonchev–Trinajstić information content (AvgIpc) is 2.75. The van der Waals surface area contributed by atoms with E-state index in [9.17, 15) is 9.59 Å². The monoisotopic (exact) mass is 309 g/mol. The third-order valence-electron chi connectivity index (χ3n) is 3.61. The second-order valence-electron chi connectivity index (χ2n) is 6.15. The number of rotatable bonds is 4. The van der Waals surface area contributed by atoms with Gasteiger partial charge in [0.1, 0.15) is 11.0 Å². The van der Waals surface area contributed by atoms with Crippen LogP contribution in [0.15, 0.2) is 5.38 Å². The molecular formula is C15H23N3O2S. The van der Waals surface area contributed by atoms with Gasteiger partial charge in [0.05, 0.1) is 6.54 Å². The summed E-state index contributed by atoms with van der Waals surface area (Å²) in [5, 5.41) is 5.77. The zero-order valence-electron chi connectivity index (χ0n) is 13.0. The number of carbonyl (C=O) groups is 2. The highest BCUT2D eigenvalue weighted by atomic mass is 32.1. The highest BCUT2D eigenvalue weighted by Gasteiger charge is 2.34. The first-order valence-electron chi connectivity index (χ1n) is 7.37. The van der Waals surface area contributed by atoms with E-state index in [-0.39, 0.29) is 17.9 Å². The van der Waals surface area contributed by atoms with Crippen LogP contribution < -0.4 is 5.32 Å². The molecule has 0 aliphatic carbocycles. The Morgan fingerprint density at radius 3 is 2.76 bits per heavy atom. The van der Waals surface area contributed by atoms with Gasteiger partial charge >= 0.3 is 0 Å². The molecule has 1 aliphatic rings. The highest BCUT2D eigenvalue weighted by molar-refractivity contribution is 7.09. The van der Waals surface area contributed by atoms with E-state index in [0.717, 1.165) is 10.7 Å². The molecule has 5 nitrogen and oxygen atoms in total. The van der Waals surface area contributed by atoms with E-state index in [4.69, 9.17) is 0 Å². The number of hydrogen-bond donors (Lipinski definition) is 1. The Balaban J connectivity index is 2.19. The predicted molar refractivity (Wildman–Crippen MR) is 82.9 cm³/mol. The van der Waals surface area contributed by atoms with Crippen molar-refractivity contribution in [2.24, 2.45) is 5.92 Å². The minimum Gasteiger partial charge on any atom is -0.344 e. The Kier molecular flexibility index (Phi) is 4.98. The zero-order chi connectivity index (χ0) is 15.6. The molecule has 2 atom stereocenters. The fraction of sp³-hybridized carbons (Fsp3) is 0.667. The molecule has 1 aliphatic heterocycles. The topological polar surface area (TPSA) is 62.3 Å². The van der Waals surface area contributed by atoms with Crippen LogP contribution in [0.2, 0.25) is 0 Å². The summed E-state index contributed by atoms with van der Waals surface area (Å²) in [5.74, 6) is 0.325. The Hall–Kier alpha value is -1.43. The maximum absolute atomic E-state index is 12.7. The van der Waals surface area contributed by atoms with E-state index in [1.54, 1.807) is 16.2 Å². The third-order valence-corrected chi connectivity index (χ3v) is 4.56. The van der Waals surface area contributed by atoms with Crippen LogP contribution in [0.3, 0.4) is 0 Å². The first-order chi connectivity index (χ1) is 9.86. The molecule has 1 saturated heterocycles. The average molecular weight is 309 g/mol. The van der Waals surface area contributed by atoms with E-state index >= 15 is 0 Å². The van der Waals surface area contributed by atoms with Crippen LogP contribution in [0.5, 0.6) is 0 Å². The Bertz CT molecular complexity index is 527. The lowest BCUT2D eigenvalue weighted by atomic mass is 10.0. The van der Waals surface area contributed by atoms with Gasteiger partial charge in [-0.15, -0.1) is 11.3 Å². The van der Waals surface area contributed by atoms with Gasteiger partial charge in [0, 0.05) is 23.5 Å². The summed E-state index contributed by atoms with van der Waals surface area (Å²) in [6.07, 6.45) is 1.02. The molecule has 116 valence electrons. The highest BCUT2D eigenvalue weighted by Crippen LogP contribution is 2.20. The van der Waals surface area contributed by atoms with Crippen LogP contribution >= 0.6 is 11.3 Å². The van der Waals surface area contributed by atoms with E-state index < -0.39 is 6.04 Å². The molecule has 2 unspecified atom stereocenters. The molecule has 1 fully saturated rings. The van der Waals surface area contributed by atoms with Gasteiger partial charge in [-0.1, -0.05) is 13.8 Å². The number of thiazole rings is 1. The molecule has 2 heterocycles. The van der Waals surface area contributed by atoms with Crippen molar-refractivity contribution in [1.82, 2.24) is 15.2 Å². The van der Waals surface area contributed by atoms with Crippen LogP contribution in [0.25, 0.3) is 0 Å². The molecule has 6 heteroatoms. The number of amides is 2. The molecule has 0 saturated carbocycles. The van der Waals surface area contributed by atoms with Crippen molar-refractivity contribution in [3.05, 3.63) is 16.1 Å². The van der Waals surface area contributed by atoms with Crippen molar-refractivity contribution in [2.75, 3.05) is 0 Å². The number of carbonyl (C=O) groups excluding carboxylic acids is 2. The Morgan fingerprint density at radius 1 is 1.48 bits per heavy atom. The maximum Gasteiger partial charge on any atom is 0.245 e. The smallest absolute Gasteiger partial charge is 0.245 e. The minimum absolute atomic E-state index is 0.00917. The summed E-state index contributed by atoms with van der Waals surface area (Å²) in [6, 6.07) is -0.512. The van der Waals surface area contributed by atoms with Crippen LogP contribution in [0, 0.1) is 12.8 Å². The molecule has 1 aromatic rings. The van der Waals surface area contributed by atoms with Crippen molar-refractivity contribution in [2.45, 2.75) is 59.2 Å². The zero-order valence-corrected chi connectivity index (χ0v) is 13.9. The molecule has 1 aromatic heterocycles. The van der Waals surface area contributed by atoms with Crippen LogP contribution in [-0.4, -0.2) is 33.8 Å². The lowest BCUT2D eigenvalue weighted by Gasteiger charge is -2.28. The molecule has 0 radical (unpaired) electrons. The first kappa shape index (κ1) is 15.9. The Labute approximate surface area is 129 Å². The predicted octanol–water partition coefficient (Wildman–Crippen LogP) is 2.10. The van der Waals surface area contributed by atoms with Crippen LogP contribution in [-0.2, 0) is 16.1 Å². The molecule has 0 aromatic carbocycles. The fourth-order valence-electron chi connectivity index (χ4n) is 2.60. The Morgan fingerprint density at radius 2 is 2.19 bits per heavy atom. The molecule has 0 bridgehead atoms. The van der Waals surface area contributed by atoms with Gasteiger partial charge in [0.2, 0.25) is 11.8 Å². The van der Waals surface area contributed by atoms with E-state index in [1.165, 1.54) is 0 Å². The van der Waals surface area contributed by atoms with Gasteiger partial charge in [-0.3, -0.25) is 9.59 Å². The number of nitrogens with zero attached hydrogens (tertiary/aromatic N) is 2. The van der Waals surface area contributed by atoms with E-state index in [1.807, 2.05) is 19.2 Å². The summed E-state index contributed by atoms with van der Waals surface area (Å²) in [6.45, 7) is 8.47. The molecule has 2 rings (SSSR count). The summed E-state index contributed by atoms with van der Waals surface area (Å²) >= 11 is 1.56. The molecule has 1 N–H and O–H groups in total.